The molecule has 7 aromatic rings. The summed E-state index contributed by atoms with van der Waals surface area (Å²) in [7, 11) is 0. The highest BCUT2D eigenvalue weighted by Gasteiger charge is 2.20. The minimum absolute atomic E-state index is 0.144. The van der Waals surface area contributed by atoms with E-state index in [4.69, 9.17) is 16.3 Å². The van der Waals surface area contributed by atoms with Crippen molar-refractivity contribution in [2.75, 3.05) is 36.5 Å². The zero-order valence-corrected chi connectivity index (χ0v) is 30.6. The Bertz CT molecular complexity index is 2550. The number of fused-ring (bicyclic) bond motifs is 2. The molecule has 0 radical (unpaired) electrons. The zero-order chi connectivity index (χ0) is 38.1. The molecule has 0 unspecified atom stereocenters. The van der Waals surface area contributed by atoms with Gasteiger partial charge >= 0.3 is 0 Å². The number of benzene rings is 2. The topological polar surface area (TPSA) is 89.0 Å². The first-order valence-corrected chi connectivity index (χ1v) is 17.5. The quantitative estimate of drug-likeness (QED) is 0.174. The molecule has 1 aliphatic heterocycles. The summed E-state index contributed by atoms with van der Waals surface area (Å²) >= 11 is 6.26. The number of nitrogens with one attached hydrogen (secondary N) is 1. The Morgan fingerprint density at radius 1 is 0.685 bits per heavy atom. The van der Waals surface area contributed by atoms with Crippen molar-refractivity contribution in [3.8, 4) is 22.5 Å². The first kappa shape index (κ1) is 36.6. The van der Waals surface area contributed by atoms with Crippen LogP contribution in [0.5, 0.6) is 0 Å². The van der Waals surface area contributed by atoms with Gasteiger partial charge in [-0.3, -0.25) is 15.0 Å². The van der Waals surface area contributed by atoms with Gasteiger partial charge in [-0.15, -0.1) is 0 Å². The van der Waals surface area contributed by atoms with Crippen molar-refractivity contribution in [1.29, 1.82) is 0 Å². The van der Waals surface area contributed by atoms with Gasteiger partial charge in [0.15, 0.2) is 0 Å². The van der Waals surface area contributed by atoms with Gasteiger partial charge in [-0.1, -0.05) is 11.6 Å². The average molecular weight is 752 g/mol. The molecule has 0 atom stereocenters. The number of nitrogens with zero attached hydrogens (tertiary/aromatic N) is 6. The van der Waals surface area contributed by atoms with Crippen LogP contribution in [0.25, 0.3) is 44.3 Å². The maximum Gasteiger partial charge on any atom is 0.137 e. The van der Waals surface area contributed by atoms with Crippen molar-refractivity contribution >= 4 is 50.5 Å². The van der Waals surface area contributed by atoms with Crippen LogP contribution in [0.3, 0.4) is 0 Å². The van der Waals surface area contributed by atoms with E-state index in [1.54, 1.807) is 37.8 Å². The SMILES string of the molecule is Cc1cc(-c2nc3cc(F)cc(F)c3c(Cl)c2C)ccn1.Cc1cc(-c2nc3cc(F)cc(F)c3c(Nc3cncc(N4CCOCC4)c3)c2C)ccn1. The van der Waals surface area contributed by atoms with Crippen LogP contribution in [-0.2, 0) is 4.74 Å². The predicted octanol–water partition coefficient (Wildman–Crippen LogP) is 10.0. The van der Waals surface area contributed by atoms with Gasteiger partial charge in [-0.25, -0.2) is 27.5 Å². The second-order valence-electron chi connectivity index (χ2n) is 13.0. The first-order chi connectivity index (χ1) is 26.0. The maximum absolute atomic E-state index is 15.0. The van der Waals surface area contributed by atoms with Crippen LogP contribution in [0.2, 0.25) is 5.02 Å². The second kappa shape index (κ2) is 15.3. The lowest BCUT2D eigenvalue weighted by atomic mass is 10.0. The van der Waals surface area contributed by atoms with E-state index in [0.717, 1.165) is 59.0 Å². The Morgan fingerprint density at radius 3 is 1.83 bits per heavy atom. The minimum Gasteiger partial charge on any atom is -0.378 e. The molecular weight excluding hydrogens is 718 g/mol. The molecule has 0 bridgehead atoms. The molecule has 8 nitrogen and oxygen atoms in total. The van der Waals surface area contributed by atoms with Crippen LogP contribution >= 0.6 is 11.6 Å². The fourth-order valence-electron chi connectivity index (χ4n) is 6.51. The maximum atomic E-state index is 15.0. The van der Waals surface area contributed by atoms with E-state index < -0.39 is 23.3 Å². The number of aryl methyl sites for hydroxylation is 2. The van der Waals surface area contributed by atoms with Crippen molar-refractivity contribution in [3.05, 3.63) is 130 Å². The highest BCUT2D eigenvalue weighted by atomic mass is 35.5. The Morgan fingerprint density at radius 2 is 1.24 bits per heavy atom. The summed E-state index contributed by atoms with van der Waals surface area (Å²) in [6.45, 7) is 10.3. The van der Waals surface area contributed by atoms with Crippen LogP contribution in [0.15, 0.2) is 79.4 Å². The summed E-state index contributed by atoms with van der Waals surface area (Å²) in [6, 6.07) is 13.5. The number of morpholine rings is 1. The molecule has 13 heteroatoms. The highest BCUT2D eigenvalue weighted by molar-refractivity contribution is 6.36. The van der Waals surface area contributed by atoms with Crippen molar-refractivity contribution in [2.24, 2.45) is 0 Å². The summed E-state index contributed by atoms with van der Waals surface area (Å²) in [6.07, 6.45) is 6.85. The standard InChI is InChI=1S/C25H23F2N5O.C16H11ClF2N2/c1-15-9-17(3-4-29-15)24-16(2)25(23-21(27)10-18(26)11-22(23)31-24)30-19-12-20(14-28-13-19)32-5-7-33-8-6-32;1-8-5-10(3-4-20-8)16-9(2)15(17)14-12(19)6-11(18)7-13(14)21-16/h3-4,9-14H,5-8H2,1-2H3,(H,30,31);3-7H,1-2H3. The van der Waals surface area contributed by atoms with E-state index in [1.165, 1.54) is 12.1 Å². The van der Waals surface area contributed by atoms with E-state index in [9.17, 15) is 17.6 Å². The van der Waals surface area contributed by atoms with E-state index in [2.05, 4.69) is 35.1 Å². The molecule has 1 fully saturated rings. The van der Waals surface area contributed by atoms with Crippen LogP contribution < -0.4 is 10.2 Å². The number of rotatable bonds is 5. The Hall–Kier alpha value is -5.72. The summed E-state index contributed by atoms with van der Waals surface area (Å²) in [5.74, 6) is -2.72. The van der Waals surface area contributed by atoms with Crippen LogP contribution in [0.4, 0.5) is 34.6 Å². The van der Waals surface area contributed by atoms with Gasteiger partial charge in [-0.2, -0.15) is 0 Å². The van der Waals surface area contributed by atoms with Gasteiger partial charge in [0.05, 0.1) is 80.9 Å². The van der Waals surface area contributed by atoms with Gasteiger partial charge in [0.2, 0.25) is 0 Å². The molecule has 1 aliphatic rings. The molecule has 0 amide bonds. The fourth-order valence-corrected chi connectivity index (χ4v) is 6.78. The van der Waals surface area contributed by atoms with E-state index in [-0.39, 0.29) is 26.8 Å². The fraction of sp³-hybridized carbons (Fsp3) is 0.195. The Labute approximate surface area is 313 Å². The van der Waals surface area contributed by atoms with Gasteiger partial charge in [-0.05, 0) is 69.2 Å². The normalized spacial score (nSPS) is 12.9. The molecule has 6 heterocycles. The zero-order valence-electron chi connectivity index (χ0n) is 29.8. The summed E-state index contributed by atoms with van der Waals surface area (Å²) in [5, 5.41) is 3.97. The Balaban J connectivity index is 0.000000184. The van der Waals surface area contributed by atoms with Gasteiger partial charge in [0.25, 0.3) is 0 Å². The van der Waals surface area contributed by atoms with E-state index in [1.807, 2.05) is 45.0 Å². The number of aromatic nitrogens is 5. The summed E-state index contributed by atoms with van der Waals surface area (Å²) in [4.78, 5) is 23.9. The van der Waals surface area contributed by atoms with Crippen molar-refractivity contribution in [3.63, 3.8) is 0 Å². The summed E-state index contributed by atoms with van der Waals surface area (Å²) < 4.78 is 61.8. The molecule has 0 saturated carbocycles. The Kier molecular flexibility index (Phi) is 10.4. The van der Waals surface area contributed by atoms with Crippen LogP contribution in [0.1, 0.15) is 22.5 Å². The molecule has 54 heavy (non-hydrogen) atoms. The smallest absolute Gasteiger partial charge is 0.137 e. The minimum atomic E-state index is -0.706. The van der Waals surface area contributed by atoms with Crippen molar-refractivity contribution < 1.29 is 22.3 Å². The third kappa shape index (κ3) is 7.53. The van der Waals surface area contributed by atoms with Gasteiger partial charge < -0.3 is 15.0 Å². The molecule has 0 spiro atoms. The number of halogens is 5. The largest absolute Gasteiger partial charge is 0.378 e. The molecule has 2 aromatic carbocycles. The lowest BCUT2D eigenvalue weighted by molar-refractivity contribution is 0.122. The summed E-state index contributed by atoms with van der Waals surface area (Å²) in [5.41, 5.74) is 8.56. The lowest BCUT2D eigenvalue weighted by Crippen LogP contribution is -2.36. The van der Waals surface area contributed by atoms with Crippen LogP contribution in [0, 0.1) is 51.0 Å². The van der Waals surface area contributed by atoms with Crippen LogP contribution in [-0.4, -0.2) is 51.2 Å². The second-order valence-corrected chi connectivity index (χ2v) is 13.3. The third-order valence-electron chi connectivity index (χ3n) is 9.13. The third-order valence-corrected chi connectivity index (χ3v) is 9.60. The highest BCUT2D eigenvalue weighted by Crippen LogP contribution is 2.38. The predicted molar refractivity (Wildman–Crippen MR) is 204 cm³/mol. The first-order valence-electron chi connectivity index (χ1n) is 17.1. The number of hydrogen-bond acceptors (Lipinski definition) is 8. The van der Waals surface area contributed by atoms with E-state index in [0.29, 0.717) is 41.5 Å². The average Bonchev–Trinajstić information content (AvgIpc) is 3.14. The molecule has 0 aliphatic carbocycles. The van der Waals surface area contributed by atoms with Crippen molar-refractivity contribution in [1.82, 2.24) is 24.9 Å². The number of hydrogen-bond donors (Lipinski definition) is 1. The molecule has 1 N–H and O–H groups in total. The van der Waals surface area contributed by atoms with Gasteiger partial charge in [0, 0.05) is 72.3 Å². The molecule has 5 aromatic heterocycles. The van der Waals surface area contributed by atoms with Crippen molar-refractivity contribution in [2.45, 2.75) is 27.7 Å². The molecule has 1 saturated heterocycles. The van der Waals surface area contributed by atoms with Gasteiger partial charge in [0.1, 0.15) is 23.3 Å². The molecule has 274 valence electrons. The number of anilines is 3. The lowest BCUT2D eigenvalue weighted by Gasteiger charge is -2.28. The number of ether oxygens (including phenoxy) is 1. The number of pyridine rings is 5. The monoisotopic (exact) mass is 751 g/mol. The molecular formula is C41H34ClF4N7O. The van der Waals surface area contributed by atoms with E-state index >= 15 is 0 Å². The molecule has 8 rings (SSSR count).